The van der Waals surface area contributed by atoms with Gasteiger partial charge in [-0.3, -0.25) is 14.4 Å². The van der Waals surface area contributed by atoms with Gasteiger partial charge >= 0.3 is 0 Å². The molecule has 0 heterocycles. The Kier molecular flexibility index (Phi) is 5.68. The number of ketones is 1. The molecule has 2 aromatic rings. The molecule has 6 nitrogen and oxygen atoms in total. The summed E-state index contributed by atoms with van der Waals surface area (Å²) in [6.45, 7) is 1.28. The highest BCUT2D eigenvalue weighted by atomic mass is 16.5. The second-order valence-corrected chi connectivity index (χ2v) is 5.10. The van der Waals surface area contributed by atoms with Crippen LogP contribution in [0.3, 0.4) is 0 Å². The molecule has 0 radical (unpaired) electrons. The molecule has 2 aromatic carbocycles. The number of carbonyl (C=O) groups is 3. The zero-order chi connectivity index (χ0) is 17.5. The van der Waals surface area contributed by atoms with Gasteiger partial charge in [-0.05, 0) is 43.3 Å². The number of hydrogen-bond acceptors (Lipinski definition) is 4. The Morgan fingerprint density at radius 3 is 2.33 bits per heavy atom. The van der Waals surface area contributed by atoms with Gasteiger partial charge in [0, 0.05) is 16.8 Å². The highest BCUT2D eigenvalue weighted by molar-refractivity contribution is 6.00. The monoisotopic (exact) mass is 326 g/mol. The van der Waals surface area contributed by atoms with Gasteiger partial charge < -0.3 is 15.4 Å². The molecular weight excluding hydrogens is 308 g/mol. The molecule has 0 aliphatic rings. The third-order valence-corrected chi connectivity index (χ3v) is 3.31. The van der Waals surface area contributed by atoms with Crippen molar-refractivity contribution < 1.29 is 19.1 Å². The largest absolute Gasteiger partial charge is 0.497 e. The van der Waals surface area contributed by atoms with Crippen LogP contribution in [0.4, 0.5) is 5.69 Å². The van der Waals surface area contributed by atoms with Crippen molar-refractivity contribution in [2.45, 2.75) is 6.92 Å². The molecule has 0 aliphatic carbocycles. The van der Waals surface area contributed by atoms with Crippen molar-refractivity contribution in [1.82, 2.24) is 5.32 Å². The van der Waals surface area contributed by atoms with Crippen molar-refractivity contribution in [3.05, 3.63) is 59.7 Å². The number of carbonyl (C=O) groups excluding carboxylic acids is 3. The quantitative estimate of drug-likeness (QED) is 0.798. The molecule has 0 saturated carbocycles. The minimum Gasteiger partial charge on any atom is -0.497 e. The zero-order valence-electron chi connectivity index (χ0n) is 13.5. The predicted octanol–water partition coefficient (Wildman–Crippen LogP) is 2.27. The molecule has 2 N–H and O–H groups in total. The van der Waals surface area contributed by atoms with Crippen molar-refractivity contribution in [3.63, 3.8) is 0 Å². The van der Waals surface area contributed by atoms with E-state index in [0.29, 0.717) is 22.6 Å². The van der Waals surface area contributed by atoms with E-state index in [1.54, 1.807) is 55.6 Å². The maximum Gasteiger partial charge on any atom is 0.251 e. The van der Waals surface area contributed by atoms with E-state index in [4.69, 9.17) is 4.74 Å². The number of ether oxygens (including phenoxy) is 1. The summed E-state index contributed by atoms with van der Waals surface area (Å²) >= 11 is 0. The van der Waals surface area contributed by atoms with E-state index in [2.05, 4.69) is 10.6 Å². The number of hydrogen-bond donors (Lipinski definition) is 2. The molecule has 24 heavy (non-hydrogen) atoms. The van der Waals surface area contributed by atoms with Gasteiger partial charge in [-0.1, -0.05) is 12.1 Å². The highest BCUT2D eigenvalue weighted by Crippen LogP contribution is 2.12. The smallest absolute Gasteiger partial charge is 0.251 e. The van der Waals surface area contributed by atoms with E-state index in [0.717, 1.165) is 0 Å². The molecular formula is C18H18N2O4. The molecule has 6 heteroatoms. The first-order chi connectivity index (χ1) is 11.5. The highest BCUT2D eigenvalue weighted by Gasteiger charge is 2.09. The summed E-state index contributed by atoms with van der Waals surface area (Å²) in [6, 6.07) is 13.2. The van der Waals surface area contributed by atoms with Crippen LogP contribution in [0.15, 0.2) is 48.5 Å². The number of amides is 2. The van der Waals surface area contributed by atoms with Crippen LogP contribution in [-0.2, 0) is 4.79 Å². The van der Waals surface area contributed by atoms with Crippen molar-refractivity contribution in [2.75, 3.05) is 19.0 Å². The van der Waals surface area contributed by atoms with Gasteiger partial charge in [0.25, 0.3) is 5.91 Å². The van der Waals surface area contributed by atoms with Gasteiger partial charge in [-0.15, -0.1) is 0 Å². The Bertz CT molecular complexity index is 754. The summed E-state index contributed by atoms with van der Waals surface area (Å²) < 4.78 is 5.02. The first-order valence-corrected chi connectivity index (χ1v) is 7.32. The molecule has 0 fully saturated rings. The summed E-state index contributed by atoms with van der Waals surface area (Å²) in [7, 11) is 1.54. The van der Waals surface area contributed by atoms with Crippen molar-refractivity contribution in [3.8, 4) is 5.75 Å². The van der Waals surface area contributed by atoms with E-state index < -0.39 is 0 Å². The normalized spacial score (nSPS) is 9.92. The molecule has 2 amide bonds. The van der Waals surface area contributed by atoms with Crippen LogP contribution in [-0.4, -0.2) is 31.3 Å². The lowest BCUT2D eigenvalue weighted by atomic mass is 10.1. The van der Waals surface area contributed by atoms with Crippen LogP contribution in [0.2, 0.25) is 0 Å². The average molecular weight is 326 g/mol. The van der Waals surface area contributed by atoms with E-state index in [1.165, 1.54) is 6.92 Å². The van der Waals surface area contributed by atoms with Crippen LogP contribution in [0.5, 0.6) is 5.75 Å². The minimum absolute atomic E-state index is 0.0843. The number of Topliss-reactive ketones (excluding diaryl/α,β-unsaturated/α-hetero) is 1. The first kappa shape index (κ1) is 17.2. The third kappa shape index (κ3) is 4.67. The number of anilines is 1. The maximum absolute atomic E-state index is 12.0. The fraction of sp³-hybridized carbons (Fsp3) is 0.167. The predicted molar refractivity (Wildman–Crippen MR) is 90.4 cm³/mol. The van der Waals surface area contributed by atoms with Gasteiger partial charge in [0.05, 0.1) is 13.7 Å². The van der Waals surface area contributed by atoms with E-state index in [9.17, 15) is 14.4 Å². The van der Waals surface area contributed by atoms with Gasteiger partial charge in [0.1, 0.15) is 5.75 Å². The van der Waals surface area contributed by atoms with Gasteiger partial charge in [0.2, 0.25) is 5.91 Å². The van der Waals surface area contributed by atoms with Crippen molar-refractivity contribution in [2.24, 2.45) is 0 Å². The maximum atomic E-state index is 12.0. The summed E-state index contributed by atoms with van der Waals surface area (Å²) in [6.07, 6.45) is 0. The van der Waals surface area contributed by atoms with Gasteiger partial charge in [0.15, 0.2) is 5.78 Å². The SMILES string of the molecule is COc1ccc(C(=O)NCC(=O)Nc2cccc(C(C)=O)c2)cc1. The molecule has 0 aliphatic heterocycles. The molecule has 0 bridgehead atoms. The Balaban J connectivity index is 1.89. The van der Waals surface area contributed by atoms with Crippen molar-refractivity contribution >= 4 is 23.3 Å². The van der Waals surface area contributed by atoms with Gasteiger partial charge in [-0.25, -0.2) is 0 Å². The lowest BCUT2D eigenvalue weighted by Crippen LogP contribution is -2.32. The fourth-order valence-electron chi connectivity index (χ4n) is 2.03. The average Bonchev–Trinajstić information content (AvgIpc) is 2.60. The van der Waals surface area contributed by atoms with E-state index >= 15 is 0 Å². The molecule has 0 spiro atoms. The van der Waals surface area contributed by atoms with Crippen LogP contribution in [0, 0.1) is 0 Å². The Morgan fingerprint density at radius 1 is 1.00 bits per heavy atom. The molecule has 124 valence electrons. The van der Waals surface area contributed by atoms with E-state index in [1.807, 2.05) is 0 Å². The van der Waals surface area contributed by atoms with Crippen molar-refractivity contribution in [1.29, 1.82) is 0 Å². The summed E-state index contributed by atoms with van der Waals surface area (Å²) in [5.41, 5.74) is 1.45. The second-order valence-electron chi connectivity index (χ2n) is 5.10. The first-order valence-electron chi connectivity index (χ1n) is 7.32. The Hall–Kier alpha value is -3.15. The Morgan fingerprint density at radius 2 is 1.71 bits per heavy atom. The zero-order valence-corrected chi connectivity index (χ0v) is 13.5. The topological polar surface area (TPSA) is 84.5 Å². The molecule has 0 atom stereocenters. The summed E-state index contributed by atoms with van der Waals surface area (Å²) in [5, 5.41) is 5.17. The molecule has 2 rings (SSSR count). The van der Waals surface area contributed by atoms with Crippen LogP contribution >= 0.6 is 0 Å². The summed E-state index contributed by atoms with van der Waals surface area (Å²) in [4.78, 5) is 35.2. The van der Waals surface area contributed by atoms with Crippen LogP contribution in [0.25, 0.3) is 0 Å². The molecule has 0 saturated heterocycles. The van der Waals surface area contributed by atoms with Gasteiger partial charge in [-0.2, -0.15) is 0 Å². The van der Waals surface area contributed by atoms with Crippen LogP contribution in [0.1, 0.15) is 27.6 Å². The third-order valence-electron chi connectivity index (χ3n) is 3.31. The fourth-order valence-corrected chi connectivity index (χ4v) is 2.03. The number of methoxy groups -OCH3 is 1. The minimum atomic E-state index is -0.377. The lowest BCUT2D eigenvalue weighted by Gasteiger charge is -2.08. The molecule has 0 aromatic heterocycles. The van der Waals surface area contributed by atoms with Crippen LogP contribution < -0.4 is 15.4 Å². The van der Waals surface area contributed by atoms with E-state index in [-0.39, 0.29) is 24.1 Å². The summed E-state index contributed by atoms with van der Waals surface area (Å²) in [5.74, 6) is -0.170. The lowest BCUT2D eigenvalue weighted by molar-refractivity contribution is -0.115. The Labute approximate surface area is 139 Å². The number of nitrogens with one attached hydrogen (secondary N) is 2. The molecule has 0 unspecified atom stereocenters. The number of rotatable bonds is 6. The second kappa shape index (κ2) is 7.92. The standard InChI is InChI=1S/C18H18N2O4/c1-12(21)14-4-3-5-15(10-14)20-17(22)11-19-18(23)13-6-8-16(24-2)9-7-13/h3-10H,11H2,1-2H3,(H,19,23)(H,20,22). The number of benzene rings is 2.